The largest absolute Gasteiger partial charge is 0.396 e. The summed E-state index contributed by atoms with van der Waals surface area (Å²) in [5.74, 6) is 0.115. The zero-order valence-corrected chi connectivity index (χ0v) is 13.1. The maximum atomic E-state index is 12.1. The average molecular weight is 318 g/mol. The first-order valence-electron chi connectivity index (χ1n) is 7.40. The van der Waals surface area contributed by atoms with E-state index < -0.39 is 0 Å². The van der Waals surface area contributed by atoms with Crippen LogP contribution in [-0.2, 0) is 0 Å². The molecule has 22 heavy (non-hydrogen) atoms. The molecule has 116 valence electrons. The van der Waals surface area contributed by atoms with Gasteiger partial charge < -0.3 is 10.4 Å². The standard InChI is InChI=1S/C18H20ClNO2/c19-17-8-4-7-16(13-17)18(22)20-11-9-15(10-12-21)14-5-2-1-3-6-14/h1-8,13,15,21H,9-12H2,(H,20,22)/t15-/m0/s1. The molecular weight excluding hydrogens is 298 g/mol. The Balaban J connectivity index is 1.89. The maximum Gasteiger partial charge on any atom is 0.251 e. The predicted molar refractivity (Wildman–Crippen MR) is 89.3 cm³/mol. The SMILES string of the molecule is O=C(NCC[C@@H](CCO)c1ccccc1)c1cccc(Cl)c1. The summed E-state index contributed by atoms with van der Waals surface area (Å²) in [6, 6.07) is 17.0. The second-order valence-electron chi connectivity index (χ2n) is 5.17. The minimum atomic E-state index is -0.127. The zero-order chi connectivity index (χ0) is 15.8. The van der Waals surface area contributed by atoms with Crippen LogP contribution in [0.1, 0.15) is 34.7 Å². The molecule has 2 rings (SSSR count). The van der Waals surface area contributed by atoms with Gasteiger partial charge in [-0.2, -0.15) is 0 Å². The van der Waals surface area contributed by atoms with Gasteiger partial charge in [-0.05, 0) is 42.5 Å². The number of aliphatic hydroxyl groups excluding tert-OH is 1. The molecule has 0 spiro atoms. The van der Waals surface area contributed by atoms with Gasteiger partial charge in [-0.1, -0.05) is 48.0 Å². The molecule has 2 N–H and O–H groups in total. The number of nitrogens with one attached hydrogen (secondary N) is 1. The van der Waals surface area contributed by atoms with E-state index in [-0.39, 0.29) is 18.4 Å². The predicted octanol–water partition coefficient (Wildman–Crippen LogP) is 3.63. The first kappa shape index (κ1) is 16.5. The third kappa shape index (κ3) is 4.86. The lowest BCUT2D eigenvalue weighted by atomic mass is 9.93. The number of benzene rings is 2. The first-order chi connectivity index (χ1) is 10.7. The van der Waals surface area contributed by atoms with Crippen LogP contribution in [-0.4, -0.2) is 24.2 Å². The van der Waals surface area contributed by atoms with Crippen molar-refractivity contribution in [3.05, 3.63) is 70.7 Å². The summed E-state index contributed by atoms with van der Waals surface area (Å²) in [6.45, 7) is 0.701. The molecule has 2 aromatic rings. The van der Waals surface area contributed by atoms with Gasteiger partial charge in [0.2, 0.25) is 0 Å². The molecule has 0 aliphatic rings. The molecule has 1 amide bonds. The lowest BCUT2D eigenvalue weighted by Gasteiger charge is -2.16. The smallest absolute Gasteiger partial charge is 0.251 e. The molecule has 0 bridgehead atoms. The second kappa shape index (κ2) is 8.57. The van der Waals surface area contributed by atoms with Crippen molar-refractivity contribution in [1.82, 2.24) is 5.32 Å². The van der Waals surface area contributed by atoms with Crippen molar-refractivity contribution in [2.75, 3.05) is 13.2 Å². The molecule has 0 aromatic heterocycles. The highest BCUT2D eigenvalue weighted by molar-refractivity contribution is 6.30. The Morgan fingerprint density at radius 3 is 2.55 bits per heavy atom. The van der Waals surface area contributed by atoms with Gasteiger partial charge in [0.05, 0.1) is 0 Å². The third-order valence-corrected chi connectivity index (χ3v) is 3.85. The number of hydrogen-bond donors (Lipinski definition) is 2. The number of carbonyl (C=O) groups excluding carboxylic acids is 1. The van der Waals surface area contributed by atoms with E-state index in [1.807, 2.05) is 18.2 Å². The summed E-state index contributed by atoms with van der Waals surface area (Å²) < 4.78 is 0. The molecule has 0 radical (unpaired) electrons. The van der Waals surface area contributed by atoms with E-state index in [1.54, 1.807) is 24.3 Å². The number of hydrogen-bond acceptors (Lipinski definition) is 2. The highest BCUT2D eigenvalue weighted by Gasteiger charge is 2.12. The molecule has 0 fully saturated rings. The summed E-state index contributed by atoms with van der Waals surface area (Å²) in [4.78, 5) is 12.1. The van der Waals surface area contributed by atoms with Crippen molar-refractivity contribution in [3.8, 4) is 0 Å². The van der Waals surface area contributed by atoms with Crippen molar-refractivity contribution in [2.45, 2.75) is 18.8 Å². The minimum absolute atomic E-state index is 0.127. The summed E-state index contributed by atoms with van der Waals surface area (Å²) in [5.41, 5.74) is 1.75. The van der Waals surface area contributed by atoms with Crippen LogP contribution >= 0.6 is 11.6 Å². The molecule has 1 atom stereocenters. The van der Waals surface area contributed by atoms with E-state index in [0.29, 0.717) is 23.6 Å². The van der Waals surface area contributed by atoms with Crippen molar-refractivity contribution < 1.29 is 9.90 Å². The van der Waals surface area contributed by atoms with Gasteiger partial charge in [0.15, 0.2) is 0 Å². The van der Waals surface area contributed by atoms with Gasteiger partial charge in [0, 0.05) is 23.7 Å². The number of amides is 1. The van der Waals surface area contributed by atoms with E-state index >= 15 is 0 Å². The Kier molecular flexibility index (Phi) is 6.44. The quantitative estimate of drug-likeness (QED) is 0.819. The van der Waals surface area contributed by atoms with Gasteiger partial charge >= 0.3 is 0 Å². The van der Waals surface area contributed by atoms with Gasteiger partial charge in [0.1, 0.15) is 0 Å². The molecule has 4 heteroatoms. The normalized spacial score (nSPS) is 11.9. The highest BCUT2D eigenvalue weighted by Crippen LogP contribution is 2.22. The van der Waals surface area contributed by atoms with Crippen LogP contribution in [0.3, 0.4) is 0 Å². The average Bonchev–Trinajstić information content (AvgIpc) is 2.55. The monoisotopic (exact) mass is 317 g/mol. The van der Waals surface area contributed by atoms with Crippen LogP contribution in [0, 0.1) is 0 Å². The lowest BCUT2D eigenvalue weighted by molar-refractivity contribution is 0.0952. The van der Waals surface area contributed by atoms with Crippen LogP contribution in [0.5, 0.6) is 0 Å². The number of aliphatic hydroxyl groups is 1. The van der Waals surface area contributed by atoms with E-state index in [9.17, 15) is 9.90 Å². The minimum Gasteiger partial charge on any atom is -0.396 e. The van der Waals surface area contributed by atoms with Gasteiger partial charge in [-0.15, -0.1) is 0 Å². The molecule has 0 aliphatic carbocycles. The van der Waals surface area contributed by atoms with Crippen LogP contribution < -0.4 is 5.32 Å². The highest BCUT2D eigenvalue weighted by atomic mass is 35.5. The Morgan fingerprint density at radius 1 is 1.09 bits per heavy atom. The zero-order valence-electron chi connectivity index (χ0n) is 12.3. The van der Waals surface area contributed by atoms with Crippen LogP contribution in [0.2, 0.25) is 5.02 Å². The van der Waals surface area contributed by atoms with E-state index in [4.69, 9.17) is 11.6 Å². The Labute approximate surface area is 135 Å². The fraction of sp³-hybridized carbons (Fsp3) is 0.278. The Bertz CT molecular complexity index is 601. The number of carbonyl (C=O) groups is 1. The maximum absolute atomic E-state index is 12.1. The van der Waals surface area contributed by atoms with Gasteiger partial charge in [0.25, 0.3) is 5.91 Å². The lowest BCUT2D eigenvalue weighted by Crippen LogP contribution is -2.25. The molecular formula is C18H20ClNO2. The summed E-state index contributed by atoms with van der Waals surface area (Å²) in [6.07, 6.45) is 1.48. The topological polar surface area (TPSA) is 49.3 Å². The van der Waals surface area contributed by atoms with E-state index in [0.717, 1.165) is 6.42 Å². The Hall–Kier alpha value is -1.84. The number of halogens is 1. The molecule has 0 aliphatic heterocycles. The van der Waals surface area contributed by atoms with Crippen molar-refractivity contribution in [1.29, 1.82) is 0 Å². The first-order valence-corrected chi connectivity index (χ1v) is 7.78. The fourth-order valence-electron chi connectivity index (χ4n) is 2.45. The molecule has 2 aromatic carbocycles. The van der Waals surface area contributed by atoms with Crippen LogP contribution in [0.25, 0.3) is 0 Å². The molecule has 3 nitrogen and oxygen atoms in total. The van der Waals surface area contributed by atoms with Crippen LogP contribution in [0.4, 0.5) is 0 Å². The molecule has 0 heterocycles. The van der Waals surface area contributed by atoms with Crippen molar-refractivity contribution >= 4 is 17.5 Å². The summed E-state index contributed by atoms with van der Waals surface area (Å²) in [7, 11) is 0. The third-order valence-electron chi connectivity index (χ3n) is 3.61. The summed E-state index contributed by atoms with van der Waals surface area (Å²) >= 11 is 5.89. The molecule has 0 saturated carbocycles. The van der Waals surface area contributed by atoms with E-state index in [2.05, 4.69) is 17.4 Å². The number of rotatable bonds is 7. The van der Waals surface area contributed by atoms with Crippen molar-refractivity contribution in [3.63, 3.8) is 0 Å². The second-order valence-corrected chi connectivity index (χ2v) is 5.61. The Morgan fingerprint density at radius 2 is 1.86 bits per heavy atom. The summed E-state index contributed by atoms with van der Waals surface area (Å²) in [5, 5.41) is 12.7. The van der Waals surface area contributed by atoms with Crippen molar-refractivity contribution in [2.24, 2.45) is 0 Å². The van der Waals surface area contributed by atoms with Crippen LogP contribution in [0.15, 0.2) is 54.6 Å². The van der Waals surface area contributed by atoms with E-state index in [1.165, 1.54) is 5.56 Å². The van der Waals surface area contributed by atoms with Gasteiger partial charge in [-0.3, -0.25) is 4.79 Å². The molecule has 0 unspecified atom stereocenters. The fourth-order valence-corrected chi connectivity index (χ4v) is 2.64. The molecule has 0 saturated heterocycles. The van der Waals surface area contributed by atoms with Gasteiger partial charge in [-0.25, -0.2) is 0 Å².